The molecule has 3 N–H and O–H groups in total. The van der Waals surface area contributed by atoms with Crippen LogP contribution in [0, 0.1) is 0 Å². The first-order valence-electron chi connectivity index (χ1n) is 3.23. The van der Waals surface area contributed by atoms with Crippen LogP contribution in [-0.2, 0) is 4.79 Å². The van der Waals surface area contributed by atoms with Gasteiger partial charge in [0, 0.05) is 6.08 Å². The Labute approximate surface area is 71.2 Å². The molecule has 0 fully saturated rings. The van der Waals surface area contributed by atoms with Crippen LogP contribution in [0.2, 0.25) is 0 Å². The summed E-state index contributed by atoms with van der Waals surface area (Å²) in [7, 11) is 0. The van der Waals surface area contributed by atoms with Crippen molar-refractivity contribution in [1.82, 2.24) is 5.32 Å². The van der Waals surface area contributed by atoms with E-state index in [0.29, 0.717) is 5.82 Å². The van der Waals surface area contributed by atoms with Crippen LogP contribution < -0.4 is 11.1 Å². The fourth-order valence-corrected chi connectivity index (χ4v) is 0.501. The van der Waals surface area contributed by atoms with Gasteiger partial charge in [-0.05, 0) is 19.0 Å². The highest BCUT2D eigenvalue weighted by Gasteiger charge is 1.95. The average Bonchev–Trinajstić information content (AvgIpc) is 2.04. The first kappa shape index (κ1) is 10.2. The third-order valence-corrected chi connectivity index (χ3v) is 0.945. The predicted molar refractivity (Wildman–Crippen MR) is 49.3 cm³/mol. The third kappa shape index (κ3) is 4.05. The number of hydrogen-bond donors (Lipinski definition) is 2. The molecule has 0 saturated heterocycles. The lowest BCUT2D eigenvalue weighted by Gasteiger charge is -1.98. The highest BCUT2D eigenvalue weighted by molar-refractivity contribution is 5.88. The molecule has 4 nitrogen and oxygen atoms in total. The molecule has 0 bridgehead atoms. The third-order valence-electron chi connectivity index (χ3n) is 0.945. The molecule has 0 aromatic rings. The topological polar surface area (TPSA) is 67.5 Å². The van der Waals surface area contributed by atoms with Gasteiger partial charge in [0.05, 0.1) is 0 Å². The van der Waals surface area contributed by atoms with Crippen LogP contribution in [0.1, 0.15) is 0 Å². The molecule has 0 aromatic heterocycles. The largest absolute Gasteiger partial charge is 0.404 e. The zero-order valence-electron chi connectivity index (χ0n) is 6.66. The Bertz CT molecular complexity index is 241. The van der Waals surface area contributed by atoms with Crippen LogP contribution >= 0.6 is 0 Å². The Kier molecular flexibility index (Phi) is 5.00. The van der Waals surface area contributed by atoms with Crippen LogP contribution in [0.25, 0.3) is 0 Å². The molecular weight excluding hydrogens is 154 g/mol. The van der Waals surface area contributed by atoms with Crippen molar-refractivity contribution in [3.8, 4) is 0 Å². The molecule has 0 rings (SSSR count). The van der Waals surface area contributed by atoms with Gasteiger partial charge in [0.15, 0.2) is 0 Å². The summed E-state index contributed by atoms with van der Waals surface area (Å²) in [6.07, 6.45) is 5.35. The fourth-order valence-electron chi connectivity index (χ4n) is 0.501. The van der Waals surface area contributed by atoms with E-state index in [1.165, 1.54) is 18.2 Å². The maximum Gasteiger partial charge on any atom is 0.250 e. The normalized spacial score (nSPS) is 11.2. The van der Waals surface area contributed by atoms with Gasteiger partial charge >= 0.3 is 0 Å². The van der Waals surface area contributed by atoms with Crippen LogP contribution in [0.3, 0.4) is 0 Å². The molecule has 4 heteroatoms. The van der Waals surface area contributed by atoms with Crippen molar-refractivity contribution in [2.24, 2.45) is 10.7 Å². The minimum absolute atomic E-state index is 0.341. The van der Waals surface area contributed by atoms with E-state index in [1.54, 1.807) is 0 Å². The summed E-state index contributed by atoms with van der Waals surface area (Å²) < 4.78 is 0. The lowest BCUT2D eigenvalue weighted by Crippen LogP contribution is -2.19. The van der Waals surface area contributed by atoms with Crippen molar-refractivity contribution in [1.29, 1.82) is 0 Å². The first-order chi connectivity index (χ1) is 5.74. The standard InChI is InChI=1S/C8H11N3O/c1-3-4-7(10-2)11-8(12)5-6-9/h3-6H,1-2,9H2,(H,11,12)/b6-5?,7-4+. The van der Waals surface area contributed by atoms with Crippen LogP contribution in [0.5, 0.6) is 0 Å². The highest BCUT2D eigenvalue weighted by atomic mass is 16.1. The summed E-state index contributed by atoms with van der Waals surface area (Å²) in [6.45, 7) is 6.70. The number of rotatable bonds is 4. The number of allylic oxidation sites excluding steroid dienone is 2. The number of carbonyl (C=O) groups excluding carboxylic acids is 1. The van der Waals surface area contributed by atoms with Gasteiger partial charge in [-0.2, -0.15) is 0 Å². The maximum absolute atomic E-state index is 10.8. The molecule has 0 unspecified atom stereocenters. The molecule has 64 valence electrons. The van der Waals surface area contributed by atoms with E-state index in [4.69, 9.17) is 5.73 Å². The minimum Gasteiger partial charge on any atom is -0.404 e. The zero-order chi connectivity index (χ0) is 9.40. The summed E-state index contributed by atoms with van der Waals surface area (Å²) in [5.41, 5.74) is 4.99. The lowest BCUT2D eigenvalue weighted by molar-refractivity contribution is -0.115. The zero-order valence-corrected chi connectivity index (χ0v) is 6.66. The van der Waals surface area contributed by atoms with E-state index in [0.717, 1.165) is 6.20 Å². The Morgan fingerprint density at radius 2 is 2.25 bits per heavy atom. The van der Waals surface area contributed by atoms with Gasteiger partial charge in [0.1, 0.15) is 5.82 Å². The second-order valence-corrected chi connectivity index (χ2v) is 1.79. The molecule has 0 radical (unpaired) electrons. The average molecular weight is 165 g/mol. The van der Waals surface area contributed by atoms with Gasteiger partial charge < -0.3 is 11.1 Å². The SMILES string of the molecule is C=C/C=C(\N=C)NC(=O)C=CN. The number of nitrogens with zero attached hydrogens (tertiary/aromatic N) is 1. The van der Waals surface area contributed by atoms with E-state index in [-0.39, 0.29) is 5.91 Å². The molecule has 0 aliphatic carbocycles. The van der Waals surface area contributed by atoms with Gasteiger partial charge in [0.25, 0.3) is 5.91 Å². The Balaban J connectivity index is 4.21. The van der Waals surface area contributed by atoms with Crippen molar-refractivity contribution in [3.05, 3.63) is 36.8 Å². The first-order valence-corrected chi connectivity index (χ1v) is 3.23. The van der Waals surface area contributed by atoms with Gasteiger partial charge in [-0.15, -0.1) is 0 Å². The van der Waals surface area contributed by atoms with Crippen LogP contribution in [0.4, 0.5) is 0 Å². The molecule has 0 atom stereocenters. The second-order valence-electron chi connectivity index (χ2n) is 1.79. The summed E-state index contributed by atoms with van der Waals surface area (Å²) >= 11 is 0. The highest BCUT2D eigenvalue weighted by Crippen LogP contribution is 1.89. The summed E-state index contributed by atoms with van der Waals surface area (Å²) in [5, 5.41) is 2.42. The summed E-state index contributed by atoms with van der Waals surface area (Å²) in [6, 6.07) is 0. The van der Waals surface area contributed by atoms with Crippen molar-refractivity contribution in [2.45, 2.75) is 0 Å². The number of nitrogens with one attached hydrogen (secondary N) is 1. The van der Waals surface area contributed by atoms with Gasteiger partial charge in [-0.1, -0.05) is 12.7 Å². The molecule has 0 aromatic carbocycles. The van der Waals surface area contributed by atoms with E-state index in [9.17, 15) is 4.79 Å². The second kappa shape index (κ2) is 5.91. The number of carbonyl (C=O) groups is 1. The van der Waals surface area contributed by atoms with Crippen LogP contribution in [-0.4, -0.2) is 12.6 Å². The number of nitrogens with two attached hydrogens (primary N) is 1. The van der Waals surface area contributed by atoms with Crippen LogP contribution in [0.15, 0.2) is 41.8 Å². The van der Waals surface area contributed by atoms with Crippen molar-refractivity contribution < 1.29 is 4.79 Å². The number of amides is 1. The van der Waals surface area contributed by atoms with Crippen molar-refractivity contribution >= 4 is 12.6 Å². The molecular formula is C8H11N3O. The van der Waals surface area contributed by atoms with Crippen molar-refractivity contribution in [3.63, 3.8) is 0 Å². The molecule has 0 saturated carbocycles. The maximum atomic E-state index is 10.8. The monoisotopic (exact) mass is 165 g/mol. The smallest absolute Gasteiger partial charge is 0.250 e. The van der Waals surface area contributed by atoms with E-state index >= 15 is 0 Å². The molecule has 0 heterocycles. The number of aliphatic imine (C=N–C) groups is 1. The van der Waals surface area contributed by atoms with E-state index in [1.807, 2.05) is 0 Å². The molecule has 0 aliphatic heterocycles. The Hall–Kier alpha value is -1.84. The quantitative estimate of drug-likeness (QED) is 0.357. The minimum atomic E-state index is -0.349. The summed E-state index contributed by atoms with van der Waals surface area (Å²) in [4.78, 5) is 14.4. The van der Waals surface area contributed by atoms with Crippen molar-refractivity contribution in [2.75, 3.05) is 0 Å². The van der Waals surface area contributed by atoms with E-state index in [2.05, 4.69) is 23.6 Å². The van der Waals surface area contributed by atoms with Gasteiger partial charge in [-0.3, -0.25) is 4.79 Å². The molecule has 12 heavy (non-hydrogen) atoms. The molecule has 0 spiro atoms. The van der Waals surface area contributed by atoms with E-state index < -0.39 is 0 Å². The fraction of sp³-hybridized carbons (Fsp3) is 0. The lowest BCUT2D eigenvalue weighted by atomic mass is 10.5. The summed E-state index contributed by atoms with van der Waals surface area (Å²) in [5.74, 6) is -0.00824. The Morgan fingerprint density at radius 1 is 1.58 bits per heavy atom. The number of hydrogen-bond acceptors (Lipinski definition) is 3. The predicted octanol–water partition coefficient (Wildman–Crippen LogP) is 0.303. The Morgan fingerprint density at radius 3 is 2.67 bits per heavy atom. The molecule has 1 amide bonds. The van der Waals surface area contributed by atoms with Gasteiger partial charge in [0.2, 0.25) is 0 Å². The molecule has 0 aliphatic rings. The van der Waals surface area contributed by atoms with Gasteiger partial charge in [-0.25, -0.2) is 4.99 Å².